The van der Waals surface area contributed by atoms with Crippen LogP contribution in [0.3, 0.4) is 0 Å². The molecular weight excluding hydrogens is 354 g/mol. The lowest BCUT2D eigenvalue weighted by atomic mass is 9.91. The Labute approximate surface area is 166 Å². The van der Waals surface area contributed by atoms with Crippen LogP contribution in [0.4, 0.5) is 5.69 Å². The van der Waals surface area contributed by atoms with Crippen LogP contribution in [-0.4, -0.2) is 43.4 Å². The van der Waals surface area contributed by atoms with Gasteiger partial charge in [0.1, 0.15) is 11.5 Å². The largest absolute Gasteiger partial charge is 0.457 e. The van der Waals surface area contributed by atoms with Crippen molar-refractivity contribution in [1.82, 2.24) is 4.90 Å². The van der Waals surface area contributed by atoms with Crippen LogP contribution in [0.15, 0.2) is 47.4 Å². The predicted octanol–water partition coefficient (Wildman–Crippen LogP) is 4.33. The average molecular weight is 384 g/mol. The van der Waals surface area contributed by atoms with Crippen molar-refractivity contribution in [3.63, 3.8) is 0 Å². The maximum atomic E-state index is 6.10. The molecule has 0 radical (unpaired) electrons. The van der Waals surface area contributed by atoms with E-state index < -0.39 is 0 Å². The van der Waals surface area contributed by atoms with Gasteiger partial charge in [0, 0.05) is 54.9 Å². The minimum Gasteiger partial charge on any atom is -0.457 e. The molecule has 0 aromatic heterocycles. The van der Waals surface area contributed by atoms with Gasteiger partial charge in [-0.15, -0.1) is 11.8 Å². The number of ether oxygens (including phenoxy) is 1. The molecule has 1 aliphatic carbocycles. The Bertz CT molecular complexity index is 753. The number of nitrogens with zero attached hydrogens (tertiary/aromatic N) is 2. The fourth-order valence-electron chi connectivity index (χ4n) is 3.89. The Kier molecular flexibility index (Phi) is 5.91. The van der Waals surface area contributed by atoms with Crippen LogP contribution in [0.2, 0.25) is 0 Å². The van der Waals surface area contributed by atoms with E-state index in [-0.39, 0.29) is 0 Å². The molecule has 0 unspecified atom stereocenters. The lowest BCUT2D eigenvalue weighted by Gasteiger charge is -2.43. The van der Waals surface area contributed by atoms with Crippen LogP contribution in [-0.2, 0) is 6.54 Å². The lowest BCUT2D eigenvalue weighted by molar-refractivity contribution is 0.120. The zero-order valence-electron chi connectivity index (χ0n) is 16.1. The normalized spacial score (nSPS) is 18.4. The molecule has 27 heavy (non-hydrogen) atoms. The lowest BCUT2D eigenvalue weighted by Crippen LogP contribution is -2.52. The highest BCUT2D eigenvalue weighted by Gasteiger charge is 2.28. The van der Waals surface area contributed by atoms with E-state index in [1.54, 1.807) is 11.8 Å². The van der Waals surface area contributed by atoms with Gasteiger partial charge in [-0.3, -0.25) is 4.90 Å². The van der Waals surface area contributed by atoms with Gasteiger partial charge in [-0.25, -0.2) is 0 Å². The van der Waals surface area contributed by atoms with Crippen molar-refractivity contribution >= 4 is 17.4 Å². The number of hydrogen-bond acceptors (Lipinski definition) is 5. The zero-order valence-corrected chi connectivity index (χ0v) is 16.9. The molecule has 1 saturated carbocycles. The summed E-state index contributed by atoms with van der Waals surface area (Å²) in [6, 6.07) is 15.5. The first-order chi connectivity index (χ1) is 13.3. The first kappa shape index (κ1) is 18.7. The maximum Gasteiger partial charge on any atom is 0.132 e. The van der Waals surface area contributed by atoms with E-state index in [0.29, 0.717) is 6.54 Å². The summed E-state index contributed by atoms with van der Waals surface area (Å²) in [5.41, 5.74) is 8.34. The summed E-state index contributed by atoms with van der Waals surface area (Å²) >= 11 is 1.73. The van der Waals surface area contributed by atoms with Crippen LogP contribution >= 0.6 is 11.8 Å². The molecule has 0 bridgehead atoms. The van der Waals surface area contributed by atoms with Crippen LogP contribution in [0.5, 0.6) is 11.5 Å². The molecule has 0 atom stereocenters. The number of hydrogen-bond donors (Lipinski definition) is 1. The van der Waals surface area contributed by atoms with Crippen LogP contribution in [0.25, 0.3) is 0 Å². The van der Waals surface area contributed by atoms with Crippen molar-refractivity contribution in [1.29, 1.82) is 0 Å². The van der Waals surface area contributed by atoms with E-state index in [1.165, 1.54) is 42.9 Å². The van der Waals surface area contributed by atoms with Gasteiger partial charge < -0.3 is 15.4 Å². The third kappa shape index (κ3) is 4.26. The summed E-state index contributed by atoms with van der Waals surface area (Å²) in [5.74, 6) is 1.70. The molecule has 5 heteroatoms. The van der Waals surface area contributed by atoms with Crippen LogP contribution < -0.4 is 15.4 Å². The van der Waals surface area contributed by atoms with Crippen molar-refractivity contribution in [2.75, 3.05) is 37.3 Å². The third-order valence-electron chi connectivity index (χ3n) is 5.82. The molecule has 2 N–H and O–H groups in total. The first-order valence-corrected chi connectivity index (χ1v) is 11.1. The number of benzene rings is 2. The van der Waals surface area contributed by atoms with E-state index in [2.05, 4.69) is 46.4 Å². The van der Waals surface area contributed by atoms with Gasteiger partial charge >= 0.3 is 0 Å². The monoisotopic (exact) mass is 383 g/mol. The van der Waals surface area contributed by atoms with E-state index in [4.69, 9.17) is 10.5 Å². The number of thioether (sulfide) groups is 1. The minimum atomic E-state index is 0.480. The maximum absolute atomic E-state index is 6.10. The second-order valence-corrected chi connectivity index (χ2v) is 8.26. The van der Waals surface area contributed by atoms with Gasteiger partial charge in [0.25, 0.3) is 0 Å². The van der Waals surface area contributed by atoms with Crippen molar-refractivity contribution in [2.45, 2.75) is 36.7 Å². The van der Waals surface area contributed by atoms with Crippen LogP contribution in [0, 0.1) is 0 Å². The highest BCUT2D eigenvalue weighted by atomic mass is 32.2. The molecule has 1 heterocycles. The second-order valence-electron chi connectivity index (χ2n) is 7.38. The van der Waals surface area contributed by atoms with E-state index in [1.807, 2.05) is 12.1 Å². The van der Waals surface area contributed by atoms with E-state index in [0.717, 1.165) is 36.2 Å². The second kappa shape index (κ2) is 8.55. The topological polar surface area (TPSA) is 41.7 Å². The molecule has 4 nitrogen and oxygen atoms in total. The fourth-order valence-corrected chi connectivity index (χ4v) is 4.30. The van der Waals surface area contributed by atoms with Crippen molar-refractivity contribution < 1.29 is 4.74 Å². The number of nitrogens with two attached hydrogens (primary N) is 1. The molecule has 0 spiro atoms. The van der Waals surface area contributed by atoms with Crippen molar-refractivity contribution in [3.8, 4) is 11.5 Å². The summed E-state index contributed by atoms with van der Waals surface area (Å²) in [5, 5.41) is 0. The van der Waals surface area contributed by atoms with Gasteiger partial charge in [-0.2, -0.15) is 0 Å². The molecule has 144 valence electrons. The molecule has 0 amide bonds. The van der Waals surface area contributed by atoms with Gasteiger partial charge in [-0.1, -0.05) is 6.42 Å². The highest BCUT2D eigenvalue weighted by molar-refractivity contribution is 7.98. The molecule has 4 rings (SSSR count). The Morgan fingerprint density at radius 3 is 2.37 bits per heavy atom. The van der Waals surface area contributed by atoms with Gasteiger partial charge in [0.15, 0.2) is 0 Å². The van der Waals surface area contributed by atoms with Gasteiger partial charge in [-0.05, 0) is 61.6 Å². The Hall–Kier alpha value is -1.69. The minimum absolute atomic E-state index is 0.480. The SMILES string of the molecule is CSc1ccc(Oc2ccc(N3CCN(C4CCC4)CC3)cc2CN)cc1. The Balaban J connectivity index is 1.43. The van der Waals surface area contributed by atoms with E-state index in [9.17, 15) is 0 Å². The van der Waals surface area contributed by atoms with E-state index >= 15 is 0 Å². The first-order valence-electron chi connectivity index (χ1n) is 9.91. The molecular formula is C22H29N3OS. The van der Waals surface area contributed by atoms with Gasteiger partial charge in [0.2, 0.25) is 0 Å². The molecule has 1 saturated heterocycles. The quantitative estimate of drug-likeness (QED) is 0.752. The standard InChI is InChI=1S/C22H29N3OS/c1-27-21-8-6-20(7-9-21)26-22-10-5-19(15-17(22)16-23)25-13-11-24(12-14-25)18-3-2-4-18/h5-10,15,18H,2-4,11-14,16,23H2,1H3. The highest BCUT2D eigenvalue weighted by Crippen LogP contribution is 2.31. The predicted molar refractivity (Wildman–Crippen MR) is 114 cm³/mol. The molecule has 2 fully saturated rings. The van der Waals surface area contributed by atoms with Crippen molar-refractivity contribution in [2.24, 2.45) is 5.73 Å². The summed E-state index contributed by atoms with van der Waals surface area (Å²) in [6.07, 6.45) is 6.27. The Morgan fingerprint density at radius 1 is 1.04 bits per heavy atom. The van der Waals surface area contributed by atoms with Crippen molar-refractivity contribution in [3.05, 3.63) is 48.0 Å². The molecule has 2 aliphatic rings. The molecule has 2 aromatic rings. The smallest absolute Gasteiger partial charge is 0.132 e. The van der Waals surface area contributed by atoms with Gasteiger partial charge in [0.05, 0.1) is 0 Å². The van der Waals surface area contributed by atoms with Crippen LogP contribution in [0.1, 0.15) is 24.8 Å². The molecule has 2 aromatic carbocycles. The summed E-state index contributed by atoms with van der Waals surface area (Å²) in [6.45, 7) is 5.01. The summed E-state index contributed by atoms with van der Waals surface area (Å²) in [7, 11) is 0. The average Bonchev–Trinajstić information content (AvgIpc) is 2.68. The zero-order chi connectivity index (χ0) is 18.6. The third-order valence-corrected chi connectivity index (χ3v) is 6.57. The number of piperazine rings is 1. The fraction of sp³-hybridized carbons (Fsp3) is 0.455. The molecule has 1 aliphatic heterocycles. The Morgan fingerprint density at radius 2 is 1.78 bits per heavy atom. The summed E-state index contributed by atoms with van der Waals surface area (Å²) < 4.78 is 6.10. The number of anilines is 1. The summed E-state index contributed by atoms with van der Waals surface area (Å²) in [4.78, 5) is 6.38. The number of rotatable bonds is 6.